The summed E-state index contributed by atoms with van der Waals surface area (Å²) in [5.41, 5.74) is 8.36. The van der Waals surface area contributed by atoms with Crippen LogP contribution in [-0.4, -0.2) is 9.78 Å². The third-order valence-corrected chi connectivity index (χ3v) is 3.13. The maximum atomic E-state index is 6.15. The van der Waals surface area contributed by atoms with Crippen molar-refractivity contribution in [3.05, 3.63) is 40.0 Å². The Balaban J connectivity index is 2.49. The summed E-state index contributed by atoms with van der Waals surface area (Å²) in [7, 11) is 0. The molecule has 0 spiro atoms. The Hall–Kier alpha value is -1.03. The standard InChI is InChI=1S/C12H13Cl2N3/c1-2-17-9(7-15)6-12(16-17)10-4-3-8(13)5-11(10)14/h3-6H,2,7,15H2,1H3. The lowest BCUT2D eigenvalue weighted by Gasteiger charge is -2.01. The lowest BCUT2D eigenvalue weighted by molar-refractivity contribution is 0.624. The van der Waals surface area contributed by atoms with E-state index in [9.17, 15) is 0 Å². The average Bonchev–Trinajstić information content (AvgIpc) is 2.72. The van der Waals surface area contributed by atoms with Crippen molar-refractivity contribution in [1.29, 1.82) is 0 Å². The van der Waals surface area contributed by atoms with E-state index in [1.807, 2.05) is 23.7 Å². The minimum Gasteiger partial charge on any atom is -0.325 e. The number of hydrogen-bond acceptors (Lipinski definition) is 2. The second-order valence-corrected chi connectivity index (χ2v) is 4.51. The summed E-state index contributed by atoms with van der Waals surface area (Å²) in [6.07, 6.45) is 0. The van der Waals surface area contributed by atoms with Gasteiger partial charge in [-0.3, -0.25) is 4.68 Å². The van der Waals surface area contributed by atoms with Gasteiger partial charge in [0.1, 0.15) is 0 Å². The smallest absolute Gasteiger partial charge is 0.0941 e. The maximum absolute atomic E-state index is 6.15. The number of aryl methyl sites for hydroxylation is 1. The zero-order valence-electron chi connectivity index (χ0n) is 9.45. The highest BCUT2D eigenvalue weighted by atomic mass is 35.5. The van der Waals surface area contributed by atoms with Gasteiger partial charge in [-0.15, -0.1) is 0 Å². The molecule has 0 fully saturated rings. The van der Waals surface area contributed by atoms with E-state index in [-0.39, 0.29) is 0 Å². The van der Waals surface area contributed by atoms with Gasteiger partial charge < -0.3 is 5.73 Å². The number of nitrogens with two attached hydrogens (primary N) is 1. The summed E-state index contributed by atoms with van der Waals surface area (Å²) in [6, 6.07) is 7.34. The molecule has 3 nitrogen and oxygen atoms in total. The van der Waals surface area contributed by atoms with Gasteiger partial charge in [0, 0.05) is 23.7 Å². The number of aromatic nitrogens is 2. The second-order valence-electron chi connectivity index (χ2n) is 3.66. The van der Waals surface area contributed by atoms with Crippen LogP contribution in [-0.2, 0) is 13.1 Å². The normalized spacial score (nSPS) is 10.8. The fraction of sp³-hybridized carbons (Fsp3) is 0.250. The topological polar surface area (TPSA) is 43.8 Å². The number of hydrogen-bond donors (Lipinski definition) is 1. The molecule has 1 aromatic heterocycles. The second kappa shape index (κ2) is 5.08. The summed E-state index contributed by atoms with van der Waals surface area (Å²) in [5, 5.41) is 5.69. The van der Waals surface area contributed by atoms with Crippen LogP contribution >= 0.6 is 23.2 Å². The van der Waals surface area contributed by atoms with E-state index in [4.69, 9.17) is 28.9 Å². The first-order valence-corrected chi connectivity index (χ1v) is 6.13. The number of benzene rings is 1. The first kappa shape index (κ1) is 12.4. The largest absolute Gasteiger partial charge is 0.325 e. The first-order valence-electron chi connectivity index (χ1n) is 5.38. The molecular formula is C12H13Cl2N3. The molecule has 0 aliphatic heterocycles. The summed E-state index contributed by atoms with van der Waals surface area (Å²) < 4.78 is 1.88. The summed E-state index contributed by atoms with van der Waals surface area (Å²) in [6.45, 7) is 3.28. The van der Waals surface area contributed by atoms with Gasteiger partial charge in [-0.05, 0) is 31.2 Å². The van der Waals surface area contributed by atoms with Crippen molar-refractivity contribution < 1.29 is 0 Å². The molecule has 0 saturated heterocycles. The predicted molar refractivity (Wildman–Crippen MR) is 71.2 cm³/mol. The molecule has 1 heterocycles. The van der Waals surface area contributed by atoms with E-state index < -0.39 is 0 Å². The van der Waals surface area contributed by atoms with Crippen LogP contribution in [0.1, 0.15) is 12.6 Å². The van der Waals surface area contributed by atoms with Gasteiger partial charge in [0.2, 0.25) is 0 Å². The van der Waals surface area contributed by atoms with Gasteiger partial charge in [0.25, 0.3) is 0 Å². The van der Waals surface area contributed by atoms with E-state index in [2.05, 4.69) is 5.10 Å². The SMILES string of the molecule is CCn1nc(-c2ccc(Cl)cc2Cl)cc1CN. The number of nitrogens with zero attached hydrogens (tertiary/aromatic N) is 2. The third kappa shape index (κ3) is 2.46. The lowest BCUT2D eigenvalue weighted by atomic mass is 10.1. The van der Waals surface area contributed by atoms with Crippen molar-refractivity contribution in [3.8, 4) is 11.3 Å². The molecule has 0 radical (unpaired) electrons. The molecule has 2 N–H and O–H groups in total. The highest BCUT2D eigenvalue weighted by Gasteiger charge is 2.10. The minimum absolute atomic E-state index is 0.464. The zero-order valence-corrected chi connectivity index (χ0v) is 11.0. The van der Waals surface area contributed by atoms with Crippen LogP contribution < -0.4 is 5.73 Å². The molecule has 17 heavy (non-hydrogen) atoms. The molecule has 0 bridgehead atoms. The van der Waals surface area contributed by atoms with Gasteiger partial charge in [0.05, 0.1) is 16.4 Å². The highest BCUT2D eigenvalue weighted by molar-refractivity contribution is 6.36. The molecule has 0 atom stereocenters. The van der Waals surface area contributed by atoms with E-state index in [1.165, 1.54) is 0 Å². The third-order valence-electron chi connectivity index (χ3n) is 2.58. The Morgan fingerprint density at radius 2 is 2.06 bits per heavy atom. The fourth-order valence-electron chi connectivity index (χ4n) is 1.72. The number of halogens is 2. The first-order chi connectivity index (χ1) is 8.15. The van der Waals surface area contributed by atoms with Crippen LogP contribution in [0.25, 0.3) is 11.3 Å². The Morgan fingerprint density at radius 1 is 1.29 bits per heavy atom. The van der Waals surface area contributed by atoms with Crippen LogP contribution in [0, 0.1) is 0 Å². The lowest BCUT2D eigenvalue weighted by Crippen LogP contribution is -2.06. The molecule has 1 aromatic carbocycles. The van der Waals surface area contributed by atoms with Crippen molar-refractivity contribution >= 4 is 23.2 Å². The molecule has 0 aliphatic carbocycles. The van der Waals surface area contributed by atoms with Gasteiger partial charge >= 0.3 is 0 Å². The van der Waals surface area contributed by atoms with Crippen molar-refractivity contribution in [2.24, 2.45) is 5.73 Å². The molecule has 0 amide bonds. The summed E-state index contributed by atoms with van der Waals surface area (Å²) >= 11 is 12.0. The molecule has 0 aliphatic rings. The number of rotatable bonds is 3. The Morgan fingerprint density at radius 3 is 2.59 bits per heavy atom. The Labute approximate surface area is 110 Å². The zero-order chi connectivity index (χ0) is 12.4. The highest BCUT2D eigenvalue weighted by Crippen LogP contribution is 2.29. The van der Waals surface area contributed by atoms with Gasteiger partial charge in [0.15, 0.2) is 0 Å². The molecule has 2 aromatic rings. The van der Waals surface area contributed by atoms with Crippen LogP contribution in [0.15, 0.2) is 24.3 Å². The molecular weight excluding hydrogens is 257 g/mol. The van der Waals surface area contributed by atoms with Crippen LogP contribution in [0.4, 0.5) is 0 Å². The average molecular weight is 270 g/mol. The van der Waals surface area contributed by atoms with E-state index in [0.717, 1.165) is 23.5 Å². The fourth-order valence-corrected chi connectivity index (χ4v) is 2.23. The van der Waals surface area contributed by atoms with Crippen LogP contribution in [0.5, 0.6) is 0 Å². The molecule has 0 saturated carbocycles. The van der Waals surface area contributed by atoms with Gasteiger partial charge in [-0.25, -0.2) is 0 Å². The summed E-state index contributed by atoms with van der Waals surface area (Å²) in [5.74, 6) is 0. The van der Waals surface area contributed by atoms with Gasteiger partial charge in [-0.2, -0.15) is 5.10 Å². The quantitative estimate of drug-likeness (QED) is 0.929. The Kier molecular flexibility index (Phi) is 3.72. The van der Waals surface area contributed by atoms with Gasteiger partial charge in [-0.1, -0.05) is 23.2 Å². The van der Waals surface area contributed by atoms with Crippen molar-refractivity contribution in [1.82, 2.24) is 9.78 Å². The molecule has 5 heteroatoms. The van der Waals surface area contributed by atoms with Crippen LogP contribution in [0.3, 0.4) is 0 Å². The van der Waals surface area contributed by atoms with E-state index in [1.54, 1.807) is 12.1 Å². The molecule has 90 valence electrons. The van der Waals surface area contributed by atoms with Crippen molar-refractivity contribution in [3.63, 3.8) is 0 Å². The summed E-state index contributed by atoms with van der Waals surface area (Å²) in [4.78, 5) is 0. The van der Waals surface area contributed by atoms with Crippen LogP contribution in [0.2, 0.25) is 10.0 Å². The van der Waals surface area contributed by atoms with E-state index in [0.29, 0.717) is 16.6 Å². The maximum Gasteiger partial charge on any atom is 0.0941 e. The monoisotopic (exact) mass is 269 g/mol. The molecule has 0 unspecified atom stereocenters. The Bertz CT molecular complexity index is 513. The molecule has 2 rings (SSSR count). The van der Waals surface area contributed by atoms with Crippen molar-refractivity contribution in [2.45, 2.75) is 20.0 Å². The predicted octanol–water partition coefficient (Wildman–Crippen LogP) is 3.34. The minimum atomic E-state index is 0.464. The van der Waals surface area contributed by atoms with E-state index >= 15 is 0 Å². The van der Waals surface area contributed by atoms with Crippen molar-refractivity contribution in [2.75, 3.05) is 0 Å².